The first-order chi connectivity index (χ1) is 11.4. The van der Waals surface area contributed by atoms with Crippen molar-refractivity contribution in [2.24, 2.45) is 11.8 Å². The van der Waals surface area contributed by atoms with Crippen LogP contribution in [0.25, 0.3) is 11.0 Å². The zero-order valence-corrected chi connectivity index (χ0v) is 13.9. The largest absolute Gasteiger partial charge is 0.346 e. The Kier molecular flexibility index (Phi) is 4.62. The van der Waals surface area contributed by atoms with Gasteiger partial charge in [0.15, 0.2) is 0 Å². The number of aromatic amines is 1. The highest BCUT2D eigenvalue weighted by molar-refractivity contribution is 5.75. The van der Waals surface area contributed by atoms with Gasteiger partial charge in [-0.15, -0.1) is 0 Å². The zero-order valence-electron chi connectivity index (χ0n) is 13.9. The summed E-state index contributed by atoms with van der Waals surface area (Å²) in [5.41, 5.74) is 2.11. The van der Waals surface area contributed by atoms with Gasteiger partial charge in [-0.05, 0) is 49.4 Å². The van der Waals surface area contributed by atoms with Gasteiger partial charge in [0, 0.05) is 37.8 Å². The maximum atomic E-state index is 4.64. The minimum atomic E-state index is 0.856. The van der Waals surface area contributed by atoms with Gasteiger partial charge >= 0.3 is 0 Å². The van der Waals surface area contributed by atoms with E-state index >= 15 is 0 Å². The molecule has 0 aromatic carbocycles. The lowest BCUT2D eigenvalue weighted by Gasteiger charge is -2.41. The molecule has 2 atom stereocenters. The van der Waals surface area contributed by atoms with Gasteiger partial charge in [0.25, 0.3) is 0 Å². The summed E-state index contributed by atoms with van der Waals surface area (Å²) in [5, 5.41) is 4.74. The van der Waals surface area contributed by atoms with Crippen molar-refractivity contribution in [1.29, 1.82) is 0 Å². The van der Waals surface area contributed by atoms with Gasteiger partial charge in [-0.1, -0.05) is 19.3 Å². The molecule has 4 heteroatoms. The fourth-order valence-electron chi connectivity index (χ4n) is 4.40. The van der Waals surface area contributed by atoms with E-state index in [0.717, 1.165) is 36.3 Å². The number of nitrogens with zero attached hydrogens (tertiary/aromatic N) is 2. The van der Waals surface area contributed by atoms with Crippen LogP contribution in [-0.4, -0.2) is 41.0 Å². The topological polar surface area (TPSA) is 44.0 Å². The van der Waals surface area contributed by atoms with E-state index in [0.29, 0.717) is 0 Å². The van der Waals surface area contributed by atoms with Gasteiger partial charge in [0.1, 0.15) is 5.65 Å². The van der Waals surface area contributed by atoms with E-state index in [1.54, 1.807) is 0 Å². The number of hydrogen-bond acceptors (Lipinski definition) is 3. The Bertz CT molecular complexity index is 635. The van der Waals surface area contributed by atoms with Crippen molar-refractivity contribution in [2.75, 3.05) is 26.2 Å². The van der Waals surface area contributed by atoms with Crippen LogP contribution in [0, 0.1) is 11.8 Å². The van der Waals surface area contributed by atoms with Crippen molar-refractivity contribution in [2.45, 2.75) is 38.6 Å². The number of hydrogen-bond donors (Lipinski definition) is 2. The molecule has 23 heavy (non-hydrogen) atoms. The second kappa shape index (κ2) is 7.02. The van der Waals surface area contributed by atoms with Crippen LogP contribution in [-0.2, 0) is 6.54 Å². The highest BCUT2D eigenvalue weighted by Gasteiger charge is 2.30. The molecule has 4 nitrogen and oxygen atoms in total. The summed E-state index contributed by atoms with van der Waals surface area (Å²) in [7, 11) is 0. The number of H-pyrrole nitrogens is 1. The fraction of sp³-hybridized carbons (Fsp3) is 0.632. The summed E-state index contributed by atoms with van der Waals surface area (Å²) in [4.78, 5) is 10.5. The minimum absolute atomic E-state index is 0.856. The average molecular weight is 312 g/mol. The van der Waals surface area contributed by atoms with Gasteiger partial charge < -0.3 is 15.2 Å². The van der Waals surface area contributed by atoms with E-state index in [-0.39, 0.29) is 0 Å². The lowest BCUT2D eigenvalue weighted by Crippen LogP contribution is -2.44. The normalized spacial score (nSPS) is 25.6. The first-order valence-electron chi connectivity index (χ1n) is 9.24. The molecule has 2 N–H and O–H groups in total. The molecule has 124 valence electrons. The minimum Gasteiger partial charge on any atom is -0.346 e. The quantitative estimate of drug-likeness (QED) is 0.834. The van der Waals surface area contributed by atoms with Gasteiger partial charge in [-0.3, -0.25) is 0 Å². The van der Waals surface area contributed by atoms with E-state index < -0.39 is 0 Å². The average Bonchev–Trinajstić information content (AvgIpc) is 3.06. The Labute approximate surface area is 138 Å². The van der Waals surface area contributed by atoms with Crippen molar-refractivity contribution in [3.05, 3.63) is 30.1 Å². The lowest BCUT2D eigenvalue weighted by atomic mass is 9.75. The van der Waals surface area contributed by atoms with Crippen LogP contribution in [0.4, 0.5) is 0 Å². The number of pyridine rings is 1. The number of nitrogens with one attached hydrogen (secondary N) is 2. The van der Waals surface area contributed by atoms with Crippen LogP contribution in [0.2, 0.25) is 0 Å². The molecule has 2 aromatic rings. The first-order valence-corrected chi connectivity index (χ1v) is 9.24. The second-order valence-electron chi connectivity index (χ2n) is 7.29. The number of likely N-dealkylation sites (tertiary alicyclic amines) is 1. The van der Waals surface area contributed by atoms with Crippen molar-refractivity contribution < 1.29 is 0 Å². The summed E-state index contributed by atoms with van der Waals surface area (Å²) in [6.45, 7) is 5.72. The molecule has 0 spiro atoms. The molecule has 0 bridgehead atoms. The Hall–Kier alpha value is -1.39. The molecule has 0 radical (unpaired) electrons. The van der Waals surface area contributed by atoms with E-state index in [4.69, 9.17) is 0 Å². The number of rotatable bonds is 5. The maximum Gasteiger partial charge on any atom is 0.137 e. The lowest BCUT2D eigenvalue weighted by molar-refractivity contribution is 0.0875. The first kappa shape index (κ1) is 15.2. The molecule has 2 aliphatic rings. The molecular formula is C19H28N4. The maximum absolute atomic E-state index is 4.64. The number of fused-ring (bicyclic) bond motifs is 2. The Morgan fingerprint density at radius 3 is 3.00 bits per heavy atom. The van der Waals surface area contributed by atoms with Crippen molar-refractivity contribution >= 4 is 11.0 Å². The standard InChI is InChI=1S/C19H28N4/c1-2-4-17-14-23(11-8-15(17)3-1)12-10-20-13-18-6-5-16-7-9-21-19(16)22-18/h5-7,9,15,17,20H,1-4,8,10-14H2,(H,21,22). The molecule has 1 aliphatic carbocycles. The Balaban J connectivity index is 1.21. The Morgan fingerprint density at radius 1 is 1.13 bits per heavy atom. The van der Waals surface area contributed by atoms with E-state index in [1.165, 1.54) is 57.1 Å². The molecule has 4 rings (SSSR count). The van der Waals surface area contributed by atoms with Crippen molar-refractivity contribution in [3.63, 3.8) is 0 Å². The third-order valence-electron chi connectivity index (χ3n) is 5.75. The second-order valence-corrected chi connectivity index (χ2v) is 7.29. The molecular weight excluding hydrogens is 284 g/mol. The van der Waals surface area contributed by atoms with E-state index in [2.05, 4.69) is 38.4 Å². The molecule has 0 amide bonds. The molecule has 1 saturated heterocycles. The van der Waals surface area contributed by atoms with Crippen molar-refractivity contribution in [1.82, 2.24) is 20.2 Å². The molecule has 1 saturated carbocycles. The summed E-state index contributed by atoms with van der Waals surface area (Å²) >= 11 is 0. The van der Waals surface area contributed by atoms with Crippen LogP contribution < -0.4 is 5.32 Å². The summed E-state index contributed by atoms with van der Waals surface area (Å²) in [6.07, 6.45) is 9.26. The van der Waals surface area contributed by atoms with Gasteiger partial charge in [-0.2, -0.15) is 0 Å². The van der Waals surface area contributed by atoms with E-state index in [1.807, 2.05) is 6.20 Å². The highest BCUT2D eigenvalue weighted by atomic mass is 15.1. The SMILES string of the molecule is c1cc2ccc(CNCCN3CCC4CCCCC4C3)nc2[nH]1. The van der Waals surface area contributed by atoms with Gasteiger partial charge in [0.05, 0.1) is 5.69 Å². The third kappa shape index (κ3) is 3.59. The summed E-state index contributed by atoms with van der Waals surface area (Å²) in [6, 6.07) is 6.33. The molecule has 2 fully saturated rings. The molecule has 2 aromatic heterocycles. The predicted molar refractivity (Wildman–Crippen MR) is 94.3 cm³/mol. The summed E-state index contributed by atoms with van der Waals surface area (Å²) in [5.74, 6) is 2.01. The monoisotopic (exact) mass is 312 g/mol. The molecule has 1 aliphatic heterocycles. The molecule has 3 heterocycles. The Morgan fingerprint density at radius 2 is 2.04 bits per heavy atom. The predicted octanol–water partition coefficient (Wildman–Crippen LogP) is 3.16. The number of aromatic nitrogens is 2. The van der Waals surface area contributed by atoms with E-state index in [9.17, 15) is 0 Å². The summed E-state index contributed by atoms with van der Waals surface area (Å²) < 4.78 is 0. The van der Waals surface area contributed by atoms with Crippen LogP contribution in [0.3, 0.4) is 0 Å². The highest BCUT2D eigenvalue weighted by Crippen LogP contribution is 2.35. The van der Waals surface area contributed by atoms with Crippen LogP contribution in [0.15, 0.2) is 24.4 Å². The third-order valence-corrected chi connectivity index (χ3v) is 5.75. The van der Waals surface area contributed by atoms with Crippen LogP contribution >= 0.6 is 0 Å². The molecule has 2 unspecified atom stereocenters. The fourth-order valence-corrected chi connectivity index (χ4v) is 4.40. The van der Waals surface area contributed by atoms with Gasteiger partial charge in [-0.25, -0.2) is 4.98 Å². The zero-order chi connectivity index (χ0) is 15.5. The smallest absolute Gasteiger partial charge is 0.137 e. The number of piperidine rings is 1. The van der Waals surface area contributed by atoms with Crippen LogP contribution in [0.5, 0.6) is 0 Å². The van der Waals surface area contributed by atoms with Crippen LogP contribution in [0.1, 0.15) is 37.8 Å². The van der Waals surface area contributed by atoms with Gasteiger partial charge in [0.2, 0.25) is 0 Å². The van der Waals surface area contributed by atoms with Crippen molar-refractivity contribution in [3.8, 4) is 0 Å².